The Balaban J connectivity index is 2.17. The summed E-state index contributed by atoms with van der Waals surface area (Å²) in [6.45, 7) is 0.424. The van der Waals surface area contributed by atoms with Crippen LogP contribution in [0.5, 0.6) is 5.75 Å². The topological polar surface area (TPSA) is 46.5 Å². The minimum absolute atomic E-state index is 0.116. The zero-order valence-corrected chi connectivity index (χ0v) is 8.87. The third-order valence-electron chi connectivity index (χ3n) is 3.53. The van der Waals surface area contributed by atoms with Crippen molar-refractivity contribution in [2.24, 2.45) is 0 Å². The van der Waals surface area contributed by atoms with E-state index in [0.717, 1.165) is 5.56 Å². The van der Waals surface area contributed by atoms with E-state index in [1.807, 2.05) is 0 Å². The van der Waals surface area contributed by atoms with Gasteiger partial charge in [-0.3, -0.25) is 4.79 Å². The third kappa shape index (κ3) is 1.16. The fourth-order valence-electron chi connectivity index (χ4n) is 2.48. The maximum atomic E-state index is 13.4. The minimum Gasteiger partial charge on any atom is -0.493 e. The summed E-state index contributed by atoms with van der Waals surface area (Å²) in [6.07, 6.45) is -0.000406. The Morgan fingerprint density at radius 1 is 1.41 bits per heavy atom. The molecule has 1 aliphatic carbocycles. The molecule has 1 saturated carbocycles. The second kappa shape index (κ2) is 2.97. The van der Waals surface area contributed by atoms with Crippen LogP contribution in [0, 0.1) is 0 Å². The maximum absolute atomic E-state index is 13.4. The lowest BCUT2D eigenvalue weighted by Gasteiger charge is -2.15. The van der Waals surface area contributed by atoms with Gasteiger partial charge in [-0.2, -0.15) is 0 Å². The standard InChI is InChI=1S/C12H10F2O3/c13-12(14)6-11(12,10(15)16)8-3-1-2-7-4-5-17-9(7)8/h1-3H,4-6H2,(H,15,16). The van der Waals surface area contributed by atoms with Crippen LogP contribution in [0.4, 0.5) is 8.78 Å². The second-order valence-electron chi connectivity index (χ2n) is 4.48. The van der Waals surface area contributed by atoms with Crippen molar-refractivity contribution in [3.05, 3.63) is 29.3 Å². The number of fused-ring (bicyclic) bond motifs is 1. The Morgan fingerprint density at radius 3 is 2.71 bits per heavy atom. The van der Waals surface area contributed by atoms with Crippen molar-refractivity contribution in [2.45, 2.75) is 24.2 Å². The Morgan fingerprint density at radius 2 is 2.12 bits per heavy atom. The molecule has 3 rings (SSSR count). The predicted molar refractivity (Wildman–Crippen MR) is 54.5 cm³/mol. The molecule has 0 radical (unpaired) electrons. The van der Waals surface area contributed by atoms with E-state index in [2.05, 4.69) is 0 Å². The average Bonchev–Trinajstić information content (AvgIpc) is 2.67. The predicted octanol–water partition coefficient (Wildman–Crippen LogP) is 1.98. The van der Waals surface area contributed by atoms with E-state index in [-0.39, 0.29) is 5.56 Å². The van der Waals surface area contributed by atoms with Gasteiger partial charge in [-0.15, -0.1) is 0 Å². The smallest absolute Gasteiger partial charge is 0.320 e. The molecule has 0 spiro atoms. The second-order valence-corrected chi connectivity index (χ2v) is 4.48. The van der Waals surface area contributed by atoms with Crippen molar-refractivity contribution in [1.29, 1.82) is 0 Å². The van der Waals surface area contributed by atoms with Crippen LogP contribution in [0.2, 0.25) is 0 Å². The van der Waals surface area contributed by atoms with E-state index >= 15 is 0 Å². The quantitative estimate of drug-likeness (QED) is 0.859. The van der Waals surface area contributed by atoms with E-state index in [4.69, 9.17) is 9.84 Å². The van der Waals surface area contributed by atoms with Crippen LogP contribution in [0.3, 0.4) is 0 Å². The molecule has 1 N–H and O–H groups in total. The molecule has 1 heterocycles. The summed E-state index contributed by atoms with van der Waals surface area (Å²) in [5.41, 5.74) is -1.15. The van der Waals surface area contributed by atoms with Gasteiger partial charge in [-0.25, -0.2) is 8.78 Å². The Bertz CT molecular complexity index is 512. The van der Waals surface area contributed by atoms with Gasteiger partial charge in [-0.1, -0.05) is 18.2 Å². The highest BCUT2D eigenvalue weighted by atomic mass is 19.3. The molecule has 17 heavy (non-hydrogen) atoms. The van der Waals surface area contributed by atoms with E-state index in [9.17, 15) is 13.6 Å². The van der Waals surface area contributed by atoms with E-state index in [0.29, 0.717) is 18.8 Å². The number of rotatable bonds is 2. The number of carboxylic acids is 1. The number of carbonyl (C=O) groups is 1. The highest BCUT2D eigenvalue weighted by Gasteiger charge is 2.78. The summed E-state index contributed by atoms with van der Waals surface area (Å²) in [4.78, 5) is 11.2. The summed E-state index contributed by atoms with van der Waals surface area (Å²) in [5, 5.41) is 9.09. The Labute approximate surface area is 96.0 Å². The van der Waals surface area contributed by atoms with Crippen LogP contribution in [-0.4, -0.2) is 23.6 Å². The van der Waals surface area contributed by atoms with Gasteiger partial charge < -0.3 is 9.84 Å². The van der Waals surface area contributed by atoms with Crippen molar-refractivity contribution in [1.82, 2.24) is 0 Å². The lowest BCUT2D eigenvalue weighted by atomic mass is 9.92. The molecule has 0 saturated heterocycles. The Kier molecular flexibility index (Phi) is 1.83. The molecular formula is C12H10F2O3. The highest BCUT2D eigenvalue weighted by Crippen LogP contribution is 2.64. The molecule has 3 nitrogen and oxygen atoms in total. The number of hydrogen-bond acceptors (Lipinski definition) is 2. The van der Waals surface area contributed by atoms with Gasteiger partial charge >= 0.3 is 5.97 Å². The maximum Gasteiger partial charge on any atom is 0.320 e. The largest absolute Gasteiger partial charge is 0.493 e. The molecule has 2 aliphatic rings. The first kappa shape index (κ1) is 10.5. The van der Waals surface area contributed by atoms with Gasteiger partial charge in [-0.05, 0) is 5.56 Å². The first-order valence-corrected chi connectivity index (χ1v) is 5.35. The molecule has 1 aromatic carbocycles. The lowest BCUT2D eigenvalue weighted by Crippen LogP contribution is -2.27. The van der Waals surface area contributed by atoms with E-state index in [1.165, 1.54) is 6.07 Å². The van der Waals surface area contributed by atoms with Gasteiger partial charge in [0.05, 0.1) is 6.61 Å². The molecule has 0 amide bonds. The lowest BCUT2D eigenvalue weighted by molar-refractivity contribution is -0.143. The number of carboxylic acid groups (broad SMARTS) is 1. The van der Waals surface area contributed by atoms with Crippen LogP contribution < -0.4 is 4.74 Å². The number of aliphatic carboxylic acids is 1. The summed E-state index contributed by atoms with van der Waals surface area (Å²) in [7, 11) is 0. The molecule has 0 aromatic heterocycles. The minimum atomic E-state index is -3.18. The highest BCUT2D eigenvalue weighted by molar-refractivity contribution is 5.89. The molecule has 1 unspecified atom stereocenters. The van der Waals surface area contributed by atoms with Crippen molar-refractivity contribution in [3.63, 3.8) is 0 Å². The molecule has 0 bridgehead atoms. The zero-order valence-electron chi connectivity index (χ0n) is 8.87. The molecule has 1 atom stereocenters. The van der Waals surface area contributed by atoms with Crippen molar-refractivity contribution >= 4 is 5.97 Å². The summed E-state index contributed by atoms with van der Waals surface area (Å²) in [6, 6.07) is 4.82. The first-order chi connectivity index (χ1) is 7.99. The zero-order chi connectivity index (χ0) is 12.3. The number of hydrogen-bond donors (Lipinski definition) is 1. The fourth-order valence-corrected chi connectivity index (χ4v) is 2.48. The fraction of sp³-hybridized carbons (Fsp3) is 0.417. The molecule has 1 fully saturated rings. The van der Waals surface area contributed by atoms with Gasteiger partial charge in [0, 0.05) is 18.4 Å². The average molecular weight is 240 g/mol. The van der Waals surface area contributed by atoms with Crippen molar-refractivity contribution < 1.29 is 23.4 Å². The molecule has 5 heteroatoms. The summed E-state index contributed by atoms with van der Waals surface area (Å²) >= 11 is 0. The van der Waals surface area contributed by atoms with Crippen LogP contribution >= 0.6 is 0 Å². The summed E-state index contributed by atoms with van der Waals surface area (Å²) in [5.74, 6) is -4.32. The monoisotopic (exact) mass is 240 g/mol. The van der Waals surface area contributed by atoms with E-state index < -0.39 is 23.7 Å². The number of para-hydroxylation sites is 1. The number of alkyl halides is 2. The summed E-state index contributed by atoms with van der Waals surface area (Å²) < 4.78 is 32.1. The van der Waals surface area contributed by atoms with Crippen LogP contribution in [-0.2, 0) is 16.6 Å². The van der Waals surface area contributed by atoms with Gasteiger partial charge in [0.2, 0.25) is 0 Å². The molecule has 90 valence electrons. The SMILES string of the molecule is O=C(O)C1(c2cccc3c2OCC3)CC1(F)F. The molecular weight excluding hydrogens is 230 g/mol. The van der Waals surface area contributed by atoms with Crippen LogP contribution in [0.25, 0.3) is 0 Å². The van der Waals surface area contributed by atoms with Crippen molar-refractivity contribution in [2.75, 3.05) is 6.61 Å². The van der Waals surface area contributed by atoms with E-state index in [1.54, 1.807) is 12.1 Å². The molecule has 1 aliphatic heterocycles. The normalized spacial score (nSPS) is 28.4. The number of benzene rings is 1. The van der Waals surface area contributed by atoms with Gasteiger partial charge in [0.25, 0.3) is 5.92 Å². The van der Waals surface area contributed by atoms with Crippen LogP contribution in [0.1, 0.15) is 17.5 Å². The van der Waals surface area contributed by atoms with Gasteiger partial charge in [0.1, 0.15) is 5.75 Å². The number of ether oxygens (including phenoxy) is 1. The first-order valence-electron chi connectivity index (χ1n) is 5.35. The van der Waals surface area contributed by atoms with Gasteiger partial charge in [0.15, 0.2) is 5.41 Å². The van der Waals surface area contributed by atoms with Crippen LogP contribution in [0.15, 0.2) is 18.2 Å². The molecule has 1 aromatic rings. The van der Waals surface area contributed by atoms with Crippen molar-refractivity contribution in [3.8, 4) is 5.75 Å². The Hall–Kier alpha value is -1.65. The number of halogens is 2. The third-order valence-corrected chi connectivity index (χ3v) is 3.53.